The zero-order valence-electron chi connectivity index (χ0n) is 11.0. The summed E-state index contributed by atoms with van der Waals surface area (Å²) in [6.07, 6.45) is 4.72. The molecule has 1 aliphatic heterocycles. The molecule has 1 heterocycles. The fourth-order valence-electron chi connectivity index (χ4n) is 2.60. The molecule has 1 aromatic carbocycles. The molecule has 0 saturated carbocycles. The van der Waals surface area contributed by atoms with Crippen LogP contribution in [0.4, 0.5) is 4.39 Å². The van der Waals surface area contributed by atoms with Crippen LogP contribution in [0.25, 0.3) is 0 Å². The van der Waals surface area contributed by atoms with Crippen molar-refractivity contribution in [3.8, 4) is 0 Å². The van der Waals surface area contributed by atoms with Gasteiger partial charge in [0.05, 0.1) is 5.92 Å². The predicted octanol–water partition coefficient (Wildman–Crippen LogP) is 2.87. The van der Waals surface area contributed by atoms with Gasteiger partial charge in [-0.2, -0.15) is 0 Å². The number of hydrogen-bond donors (Lipinski definition) is 1. The summed E-state index contributed by atoms with van der Waals surface area (Å²) in [6.45, 7) is 2.44. The molecule has 1 fully saturated rings. The summed E-state index contributed by atoms with van der Waals surface area (Å²) < 4.78 is 12.9. The van der Waals surface area contributed by atoms with Gasteiger partial charge in [0.15, 0.2) is 0 Å². The van der Waals surface area contributed by atoms with Gasteiger partial charge in [0, 0.05) is 6.54 Å². The summed E-state index contributed by atoms with van der Waals surface area (Å²) in [7, 11) is 0. The summed E-state index contributed by atoms with van der Waals surface area (Å²) in [5.74, 6) is -1.74. The third-order valence-corrected chi connectivity index (χ3v) is 3.71. The van der Waals surface area contributed by atoms with Gasteiger partial charge >= 0.3 is 5.97 Å². The number of aliphatic carboxylic acids is 1. The maximum atomic E-state index is 12.9. The minimum absolute atomic E-state index is 0.331. The highest BCUT2D eigenvalue weighted by Gasteiger charge is 2.23. The summed E-state index contributed by atoms with van der Waals surface area (Å²) >= 11 is 0. The first kappa shape index (κ1) is 14.0. The second-order valence-electron chi connectivity index (χ2n) is 5.16. The Balaban J connectivity index is 2.07. The summed E-state index contributed by atoms with van der Waals surface area (Å²) in [5, 5.41) is 9.38. The SMILES string of the molecule is O=C(O)C(CN1CCCCCC1)c1ccc(F)cc1. The Bertz CT molecular complexity index is 411. The van der Waals surface area contributed by atoms with Gasteiger partial charge in [-0.15, -0.1) is 0 Å². The Labute approximate surface area is 113 Å². The quantitative estimate of drug-likeness (QED) is 0.910. The van der Waals surface area contributed by atoms with Gasteiger partial charge in [-0.25, -0.2) is 4.39 Å². The van der Waals surface area contributed by atoms with E-state index in [9.17, 15) is 14.3 Å². The van der Waals surface area contributed by atoms with Crippen molar-refractivity contribution in [1.82, 2.24) is 4.90 Å². The number of hydrogen-bond acceptors (Lipinski definition) is 2. The van der Waals surface area contributed by atoms with Gasteiger partial charge in [-0.05, 0) is 43.6 Å². The molecule has 2 rings (SSSR count). The average molecular weight is 265 g/mol. The number of likely N-dealkylation sites (tertiary alicyclic amines) is 1. The first-order chi connectivity index (χ1) is 9.16. The van der Waals surface area contributed by atoms with Crippen LogP contribution < -0.4 is 0 Å². The maximum absolute atomic E-state index is 12.9. The van der Waals surface area contributed by atoms with Crippen LogP contribution in [0.15, 0.2) is 24.3 Å². The number of benzene rings is 1. The second kappa shape index (κ2) is 6.66. The van der Waals surface area contributed by atoms with E-state index in [2.05, 4.69) is 4.90 Å². The Morgan fingerprint density at radius 2 is 1.74 bits per heavy atom. The van der Waals surface area contributed by atoms with E-state index in [1.54, 1.807) is 12.1 Å². The number of rotatable bonds is 4. The van der Waals surface area contributed by atoms with Crippen molar-refractivity contribution in [2.24, 2.45) is 0 Å². The topological polar surface area (TPSA) is 40.5 Å². The summed E-state index contributed by atoms with van der Waals surface area (Å²) in [6, 6.07) is 5.80. The number of halogens is 1. The molecule has 4 heteroatoms. The van der Waals surface area contributed by atoms with Crippen molar-refractivity contribution in [3.63, 3.8) is 0 Å². The van der Waals surface area contributed by atoms with Crippen molar-refractivity contribution >= 4 is 5.97 Å². The highest BCUT2D eigenvalue weighted by atomic mass is 19.1. The van der Waals surface area contributed by atoms with Crippen LogP contribution in [-0.2, 0) is 4.79 Å². The molecule has 0 spiro atoms. The van der Waals surface area contributed by atoms with Crippen LogP contribution in [0, 0.1) is 5.82 Å². The summed E-state index contributed by atoms with van der Waals surface area (Å²) in [4.78, 5) is 13.6. The lowest BCUT2D eigenvalue weighted by Crippen LogP contribution is -2.32. The van der Waals surface area contributed by atoms with Crippen LogP contribution in [0.5, 0.6) is 0 Å². The molecule has 0 bridgehead atoms. The number of carboxylic acids is 1. The van der Waals surface area contributed by atoms with E-state index in [-0.39, 0.29) is 5.82 Å². The van der Waals surface area contributed by atoms with Gasteiger partial charge in [0.25, 0.3) is 0 Å². The minimum Gasteiger partial charge on any atom is -0.481 e. The van der Waals surface area contributed by atoms with Gasteiger partial charge in [-0.3, -0.25) is 4.79 Å². The monoisotopic (exact) mass is 265 g/mol. The molecule has 0 aromatic heterocycles. The maximum Gasteiger partial charge on any atom is 0.312 e. The molecular weight excluding hydrogens is 245 g/mol. The smallest absolute Gasteiger partial charge is 0.312 e. The Morgan fingerprint density at radius 3 is 2.26 bits per heavy atom. The Kier molecular flexibility index (Phi) is 4.91. The highest BCUT2D eigenvalue weighted by Crippen LogP contribution is 2.20. The van der Waals surface area contributed by atoms with Crippen molar-refractivity contribution < 1.29 is 14.3 Å². The van der Waals surface area contributed by atoms with Crippen molar-refractivity contribution in [2.75, 3.05) is 19.6 Å². The van der Waals surface area contributed by atoms with Crippen molar-refractivity contribution in [3.05, 3.63) is 35.6 Å². The zero-order chi connectivity index (χ0) is 13.7. The first-order valence-corrected chi connectivity index (χ1v) is 6.87. The molecule has 1 N–H and O–H groups in total. The Hall–Kier alpha value is -1.42. The molecule has 1 saturated heterocycles. The first-order valence-electron chi connectivity index (χ1n) is 6.87. The third kappa shape index (κ3) is 4.03. The average Bonchev–Trinajstić information content (AvgIpc) is 2.65. The molecule has 0 aliphatic carbocycles. The van der Waals surface area contributed by atoms with E-state index < -0.39 is 11.9 Å². The third-order valence-electron chi connectivity index (χ3n) is 3.71. The zero-order valence-corrected chi connectivity index (χ0v) is 11.0. The van der Waals surface area contributed by atoms with E-state index in [1.165, 1.54) is 25.0 Å². The van der Waals surface area contributed by atoms with Gasteiger partial charge in [-0.1, -0.05) is 25.0 Å². The lowest BCUT2D eigenvalue weighted by Gasteiger charge is -2.24. The Morgan fingerprint density at radius 1 is 1.16 bits per heavy atom. The molecule has 1 unspecified atom stereocenters. The fraction of sp³-hybridized carbons (Fsp3) is 0.533. The molecular formula is C15H20FNO2. The second-order valence-corrected chi connectivity index (χ2v) is 5.16. The fourth-order valence-corrected chi connectivity index (χ4v) is 2.60. The molecule has 0 amide bonds. The predicted molar refractivity (Wildman–Crippen MR) is 71.7 cm³/mol. The largest absolute Gasteiger partial charge is 0.481 e. The molecule has 1 aliphatic rings. The van der Waals surface area contributed by atoms with E-state index in [1.807, 2.05) is 0 Å². The molecule has 1 atom stereocenters. The highest BCUT2D eigenvalue weighted by molar-refractivity contribution is 5.76. The van der Waals surface area contributed by atoms with E-state index in [4.69, 9.17) is 0 Å². The van der Waals surface area contributed by atoms with E-state index in [0.717, 1.165) is 25.9 Å². The van der Waals surface area contributed by atoms with Crippen LogP contribution in [0.3, 0.4) is 0 Å². The van der Waals surface area contributed by atoms with Crippen LogP contribution in [0.2, 0.25) is 0 Å². The van der Waals surface area contributed by atoms with Crippen LogP contribution >= 0.6 is 0 Å². The lowest BCUT2D eigenvalue weighted by molar-refractivity contribution is -0.139. The lowest BCUT2D eigenvalue weighted by atomic mass is 9.98. The van der Waals surface area contributed by atoms with E-state index >= 15 is 0 Å². The molecule has 19 heavy (non-hydrogen) atoms. The van der Waals surface area contributed by atoms with E-state index in [0.29, 0.717) is 12.1 Å². The van der Waals surface area contributed by atoms with Crippen LogP contribution in [0.1, 0.15) is 37.2 Å². The standard InChI is InChI=1S/C15H20FNO2/c16-13-7-5-12(6-8-13)14(15(18)19)11-17-9-3-1-2-4-10-17/h5-8,14H,1-4,9-11H2,(H,18,19). The number of nitrogens with zero attached hydrogens (tertiary/aromatic N) is 1. The molecule has 3 nitrogen and oxygen atoms in total. The minimum atomic E-state index is -0.837. The van der Waals surface area contributed by atoms with Gasteiger partial charge < -0.3 is 10.0 Å². The van der Waals surface area contributed by atoms with Gasteiger partial charge in [0.1, 0.15) is 5.82 Å². The molecule has 1 aromatic rings. The summed E-state index contributed by atoms with van der Waals surface area (Å²) in [5.41, 5.74) is 0.679. The number of carbonyl (C=O) groups is 1. The molecule has 104 valence electrons. The normalized spacial score (nSPS) is 18.8. The number of carboxylic acid groups (broad SMARTS) is 1. The molecule has 0 radical (unpaired) electrons. The van der Waals surface area contributed by atoms with Crippen molar-refractivity contribution in [1.29, 1.82) is 0 Å². The van der Waals surface area contributed by atoms with Crippen LogP contribution in [-0.4, -0.2) is 35.6 Å². The van der Waals surface area contributed by atoms with Crippen molar-refractivity contribution in [2.45, 2.75) is 31.6 Å². The van der Waals surface area contributed by atoms with Gasteiger partial charge in [0.2, 0.25) is 0 Å².